The molecule has 0 aromatic heterocycles. The summed E-state index contributed by atoms with van der Waals surface area (Å²) in [5.41, 5.74) is 1.45. The summed E-state index contributed by atoms with van der Waals surface area (Å²) in [5.74, 6) is 0.141. The van der Waals surface area contributed by atoms with Gasteiger partial charge in [-0.3, -0.25) is 4.79 Å². The molecule has 0 heterocycles. The number of nitrogens with zero attached hydrogens (tertiary/aromatic N) is 2. The molecule has 0 fully saturated rings. The summed E-state index contributed by atoms with van der Waals surface area (Å²) in [6, 6.07) is 7.94. The second kappa shape index (κ2) is 8.49. The highest BCUT2D eigenvalue weighted by Crippen LogP contribution is 2.26. The highest BCUT2D eigenvalue weighted by Gasteiger charge is 2.10. The fourth-order valence-corrected chi connectivity index (χ4v) is 2.58. The second-order valence-corrected chi connectivity index (χ2v) is 5.09. The number of carbonyl (C=O) groups excluding carboxylic acids is 1. The van der Waals surface area contributed by atoms with E-state index in [-0.39, 0.29) is 5.91 Å². The zero-order valence-electron chi connectivity index (χ0n) is 12.3. The van der Waals surface area contributed by atoms with Gasteiger partial charge in [0.15, 0.2) is 0 Å². The van der Waals surface area contributed by atoms with Crippen LogP contribution in [0.2, 0.25) is 0 Å². The van der Waals surface area contributed by atoms with Crippen LogP contribution in [0.25, 0.3) is 0 Å². The molecule has 0 atom stereocenters. The van der Waals surface area contributed by atoms with Gasteiger partial charge in [-0.15, -0.1) is 11.8 Å². The van der Waals surface area contributed by atoms with Gasteiger partial charge >= 0.3 is 0 Å². The minimum atomic E-state index is 0.141. The SMILES string of the molecule is CCN(CC)C(=O)CCNc1cccc(SC)c1C#N. The highest BCUT2D eigenvalue weighted by molar-refractivity contribution is 7.98. The van der Waals surface area contributed by atoms with Gasteiger partial charge in [-0.2, -0.15) is 5.26 Å². The Hall–Kier alpha value is -1.67. The quantitative estimate of drug-likeness (QED) is 0.785. The smallest absolute Gasteiger partial charge is 0.224 e. The first kappa shape index (κ1) is 16.4. The van der Waals surface area contributed by atoms with E-state index in [1.807, 2.05) is 43.2 Å². The van der Waals surface area contributed by atoms with Crippen molar-refractivity contribution in [2.24, 2.45) is 0 Å². The number of benzene rings is 1. The lowest BCUT2D eigenvalue weighted by Crippen LogP contribution is -2.31. The minimum absolute atomic E-state index is 0.141. The number of rotatable bonds is 7. The van der Waals surface area contributed by atoms with E-state index >= 15 is 0 Å². The Morgan fingerprint density at radius 2 is 2.10 bits per heavy atom. The molecule has 1 N–H and O–H groups in total. The number of hydrogen-bond donors (Lipinski definition) is 1. The Kier molecular flexibility index (Phi) is 6.96. The number of hydrogen-bond acceptors (Lipinski definition) is 4. The van der Waals surface area contributed by atoms with Crippen molar-refractivity contribution in [1.29, 1.82) is 5.26 Å². The Balaban J connectivity index is 2.63. The fraction of sp³-hybridized carbons (Fsp3) is 0.467. The zero-order chi connectivity index (χ0) is 15.0. The van der Waals surface area contributed by atoms with Gasteiger partial charge in [-0.25, -0.2) is 0 Å². The molecule has 1 amide bonds. The van der Waals surface area contributed by atoms with Crippen molar-refractivity contribution in [2.75, 3.05) is 31.2 Å². The molecule has 5 heteroatoms. The molecule has 0 aliphatic rings. The van der Waals surface area contributed by atoms with Gasteiger partial charge in [0.2, 0.25) is 5.91 Å². The number of nitriles is 1. The maximum absolute atomic E-state index is 11.9. The number of thioether (sulfide) groups is 1. The average molecular weight is 291 g/mol. The molecule has 20 heavy (non-hydrogen) atoms. The monoisotopic (exact) mass is 291 g/mol. The van der Waals surface area contributed by atoms with Gasteiger partial charge < -0.3 is 10.2 Å². The third kappa shape index (κ3) is 4.17. The summed E-state index contributed by atoms with van der Waals surface area (Å²) in [4.78, 5) is 14.7. The summed E-state index contributed by atoms with van der Waals surface area (Å²) in [7, 11) is 0. The zero-order valence-corrected chi connectivity index (χ0v) is 13.1. The molecule has 0 bridgehead atoms. The Morgan fingerprint density at radius 3 is 2.65 bits per heavy atom. The van der Waals surface area contributed by atoms with Crippen LogP contribution in [0, 0.1) is 11.3 Å². The molecule has 0 unspecified atom stereocenters. The van der Waals surface area contributed by atoms with E-state index in [4.69, 9.17) is 0 Å². The molecule has 0 saturated heterocycles. The van der Waals surface area contributed by atoms with Gasteiger partial charge in [0.1, 0.15) is 6.07 Å². The maximum Gasteiger partial charge on any atom is 0.224 e. The lowest BCUT2D eigenvalue weighted by Gasteiger charge is -2.19. The number of anilines is 1. The van der Waals surface area contributed by atoms with Gasteiger partial charge in [-0.05, 0) is 32.2 Å². The highest BCUT2D eigenvalue weighted by atomic mass is 32.2. The molecule has 4 nitrogen and oxygen atoms in total. The molecule has 0 saturated carbocycles. The average Bonchev–Trinajstić information content (AvgIpc) is 2.48. The predicted octanol–water partition coefficient (Wildman–Crippen LogP) is 2.95. The first-order valence-corrected chi connectivity index (χ1v) is 7.99. The summed E-state index contributed by atoms with van der Waals surface area (Å²) < 4.78 is 0. The van der Waals surface area contributed by atoms with Crippen molar-refractivity contribution in [2.45, 2.75) is 25.2 Å². The first-order valence-electron chi connectivity index (χ1n) is 6.76. The van der Waals surface area contributed by atoms with Crippen LogP contribution in [0.15, 0.2) is 23.1 Å². The molecule has 1 aromatic carbocycles. The van der Waals surface area contributed by atoms with Crippen molar-refractivity contribution in [3.05, 3.63) is 23.8 Å². The standard InChI is InChI=1S/C15H21N3OS/c1-4-18(5-2)15(19)9-10-17-13-7-6-8-14(20-3)12(13)11-16/h6-8,17H,4-5,9-10H2,1-3H3. The van der Waals surface area contributed by atoms with Crippen LogP contribution in [0.1, 0.15) is 25.8 Å². The van der Waals surface area contributed by atoms with E-state index in [2.05, 4.69) is 11.4 Å². The molecular formula is C15H21N3OS. The molecule has 0 aliphatic carbocycles. The third-order valence-electron chi connectivity index (χ3n) is 3.13. The predicted molar refractivity (Wildman–Crippen MR) is 84.0 cm³/mol. The van der Waals surface area contributed by atoms with Crippen molar-refractivity contribution < 1.29 is 4.79 Å². The van der Waals surface area contributed by atoms with Crippen molar-refractivity contribution >= 4 is 23.4 Å². The van der Waals surface area contributed by atoms with Crippen LogP contribution in [0.3, 0.4) is 0 Å². The van der Waals surface area contributed by atoms with Gasteiger partial charge in [0, 0.05) is 31.0 Å². The van der Waals surface area contributed by atoms with E-state index in [9.17, 15) is 10.1 Å². The molecule has 0 spiro atoms. The summed E-state index contributed by atoms with van der Waals surface area (Å²) in [6.07, 6.45) is 2.39. The summed E-state index contributed by atoms with van der Waals surface area (Å²) in [6.45, 7) is 5.97. The van der Waals surface area contributed by atoms with Crippen LogP contribution in [-0.4, -0.2) is 36.7 Å². The molecule has 1 aromatic rings. The molecular weight excluding hydrogens is 270 g/mol. The molecule has 108 valence electrons. The second-order valence-electron chi connectivity index (χ2n) is 4.24. The maximum atomic E-state index is 11.9. The Morgan fingerprint density at radius 1 is 1.40 bits per heavy atom. The van der Waals surface area contributed by atoms with Crippen LogP contribution < -0.4 is 5.32 Å². The lowest BCUT2D eigenvalue weighted by molar-refractivity contribution is -0.130. The van der Waals surface area contributed by atoms with Crippen LogP contribution in [0.5, 0.6) is 0 Å². The van der Waals surface area contributed by atoms with E-state index in [1.165, 1.54) is 0 Å². The number of carbonyl (C=O) groups is 1. The van der Waals surface area contributed by atoms with E-state index in [1.54, 1.807) is 11.8 Å². The lowest BCUT2D eigenvalue weighted by atomic mass is 10.2. The van der Waals surface area contributed by atoms with Crippen molar-refractivity contribution in [1.82, 2.24) is 4.90 Å². The minimum Gasteiger partial charge on any atom is -0.383 e. The molecule has 1 rings (SSSR count). The van der Waals surface area contributed by atoms with E-state index in [0.717, 1.165) is 23.7 Å². The molecule has 0 aliphatic heterocycles. The van der Waals surface area contributed by atoms with Crippen LogP contribution in [0.4, 0.5) is 5.69 Å². The number of amides is 1. The van der Waals surface area contributed by atoms with E-state index in [0.29, 0.717) is 18.5 Å². The van der Waals surface area contributed by atoms with Crippen LogP contribution >= 0.6 is 11.8 Å². The van der Waals surface area contributed by atoms with Crippen molar-refractivity contribution in [3.63, 3.8) is 0 Å². The summed E-state index contributed by atoms with van der Waals surface area (Å²) >= 11 is 1.55. The first-order chi connectivity index (χ1) is 9.67. The van der Waals surface area contributed by atoms with Gasteiger partial charge in [0.05, 0.1) is 11.3 Å². The Bertz CT molecular complexity index is 492. The fourth-order valence-electron chi connectivity index (χ4n) is 2.00. The van der Waals surface area contributed by atoms with Crippen molar-refractivity contribution in [3.8, 4) is 6.07 Å². The Labute approximate surface area is 125 Å². The third-order valence-corrected chi connectivity index (χ3v) is 3.91. The van der Waals surface area contributed by atoms with Crippen LogP contribution in [-0.2, 0) is 4.79 Å². The van der Waals surface area contributed by atoms with Gasteiger partial charge in [-0.1, -0.05) is 6.07 Å². The largest absolute Gasteiger partial charge is 0.383 e. The van der Waals surface area contributed by atoms with Gasteiger partial charge in [0.25, 0.3) is 0 Å². The molecule has 0 radical (unpaired) electrons. The summed E-state index contributed by atoms with van der Waals surface area (Å²) in [5, 5.41) is 12.4. The number of nitrogens with one attached hydrogen (secondary N) is 1. The van der Waals surface area contributed by atoms with E-state index < -0.39 is 0 Å². The topological polar surface area (TPSA) is 56.1 Å². The normalized spacial score (nSPS) is 9.90.